The second kappa shape index (κ2) is 8.97. The molecule has 0 heterocycles. The molecule has 0 unspecified atom stereocenters. The smallest absolute Gasteiger partial charge is 0.170 e. The van der Waals surface area contributed by atoms with Crippen LogP contribution in [-0.2, 0) is 6.42 Å². The predicted molar refractivity (Wildman–Crippen MR) is 104 cm³/mol. The normalized spacial score (nSPS) is 10.2. The molecule has 0 aromatic heterocycles. The molecule has 2 N–H and O–H groups in total. The van der Waals surface area contributed by atoms with Crippen molar-refractivity contribution >= 4 is 46.2 Å². The van der Waals surface area contributed by atoms with Gasteiger partial charge in [0.15, 0.2) is 16.6 Å². The lowest BCUT2D eigenvalue weighted by Gasteiger charge is -2.12. The highest BCUT2D eigenvalue weighted by Crippen LogP contribution is 2.27. The van der Waals surface area contributed by atoms with Crippen LogP contribution in [0.4, 0.5) is 5.69 Å². The van der Waals surface area contributed by atoms with Gasteiger partial charge in [0.05, 0.1) is 14.2 Å². The summed E-state index contributed by atoms with van der Waals surface area (Å²) >= 11 is 17.2. The molecule has 7 heteroatoms. The Hall–Kier alpha value is -1.69. The number of thiocarbonyl (C=S) groups is 1. The summed E-state index contributed by atoms with van der Waals surface area (Å²) in [6, 6.07) is 11.0. The zero-order chi connectivity index (χ0) is 17.5. The Morgan fingerprint density at radius 3 is 2.29 bits per heavy atom. The highest BCUT2D eigenvalue weighted by Gasteiger charge is 2.05. The molecule has 0 aliphatic carbocycles. The minimum atomic E-state index is 0.508. The minimum Gasteiger partial charge on any atom is -0.493 e. The van der Waals surface area contributed by atoms with Crippen LogP contribution in [0.25, 0.3) is 0 Å². The van der Waals surface area contributed by atoms with Crippen LogP contribution < -0.4 is 20.1 Å². The van der Waals surface area contributed by atoms with Gasteiger partial charge in [0.1, 0.15) is 0 Å². The van der Waals surface area contributed by atoms with E-state index in [1.807, 2.05) is 18.2 Å². The van der Waals surface area contributed by atoms with E-state index < -0.39 is 0 Å². The van der Waals surface area contributed by atoms with Crippen LogP contribution in [0.15, 0.2) is 36.4 Å². The maximum atomic E-state index is 5.96. The Labute approximate surface area is 157 Å². The molecule has 128 valence electrons. The maximum absolute atomic E-state index is 5.96. The molecule has 0 atom stereocenters. The lowest BCUT2D eigenvalue weighted by atomic mass is 10.1. The largest absolute Gasteiger partial charge is 0.493 e. The SMILES string of the molecule is COc1ccc(CCNC(=S)Nc2cc(Cl)cc(Cl)c2)cc1OC. The fourth-order valence-electron chi connectivity index (χ4n) is 2.16. The summed E-state index contributed by atoms with van der Waals surface area (Å²) in [5, 5.41) is 7.82. The molecule has 0 fully saturated rings. The first-order chi connectivity index (χ1) is 11.5. The lowest BCUT2D eigenvalue weighted by molar-refractivity contribution is 0.354. The fraction of sp³-hybridized carbons (Fsp3) is 0.235. The van der Waals surface area contributed by atoms with Crippen molar-refractivity contribution in [3.63, 3.8) is 0 Å². The maximum Gasteiger partial charge on any atom is 0.170 e. The Balaban J connectivity index is 1.86. The van der Waals surface area contributed by atoms with Gasteiger partial charge in [-0.1, -0.05) is 29.3 Å². The number of halogens is 2. The number of anilines is 1. The molecule has 24 heavy (non-hydrogen) atoms. The van der Waals surface area contributed by atoms with Gasteiger partial charge in [0, 0.05) is 22.3 Å². The summed E-state index contributed by atoms with van der Waals surface area (Å²) in [4.78, 5) is 0. The van der Waals surface area contributed by atoms with Crippen molar-refractivity contribution in [1.82, 2.24) is 5.32 Å². The van der Waals surface area contributed by atoms with Gasteiger partial charge in [-0.25, -0.2) is 0 Å². The molecule has 0 aliphatic heterocycles. The third-order valence-corrected chi connectivity index (χ3v) is 3.95. The Bertz CT molecular complexity index is 705. The van der Waals surface area contributed by atoms with Gasteiger partial charge >= 0.3 is 0 Å². The molecule has 4 nitrogen and oxygen atoms in total. The Morgan fingerprint density at radius 2 is 1.67 bits per heavy atom. The van der Waals surface area contributed by atoms with E-state index in [9.17, 15) is 0 Å². The van der Waals surface area contributed by atoms with Crippen molar-refractivity contribution in [2.45, 2.75) is 6.42 Å². The molecular weight excluding hydrogens is 367 g/mol. The molecular formula is C17H18Cl2N2O2S. The van der Waals surface area contributed by atoms with Gasteiger partial charge in [-0.2, -0.15) is 0 Å². The van der Waals surface area contributed by atoms with Crippen molar-refractivity contribution in [2.24, 2.45) is 0 Å². The summed E-state index contributed by atoms with van der Waals surface area (Å²) in [5.74, 6) is 1.42. The van der Waals surface area contributed by atoms with E-state index in [1.54, 1.807) is 32.4 Å². The standard InChI is InChI=1S/C17H18Cl2N2O2S/c1-22-15-4-3-11(7-16(15)23-2)5-6-20-17(24)21-14-9-12(18)8-13(19)10-14/h3-4,7-10H,5-6H2,1-2H3,(H2,20,21,24). The average molecular weight is 385 g/mol. The van der Waals surface area contributed by atoms with E-state index in [-0.39, 0.29) is 0 Å². The van der Waals surface area contributed by atoms with Crippen molar-refractivity contribution in [3.8, 4) is 11.5 Å². The number of nitrogens with one attached hydrogen (secondary N) is 2. The molecule has 0 bridgehead atoms. The zero-order valence-electron chi connectivity index (χ0n) is 13.4. The van der Waals surface area contributed by atoms with Crippen LogP contribution >= 0.6 is 35.4 Å². The van der Waals surface area contributed by atoms with E-state index in [4.69, 9.17) is 44.9 Å². The summed E-state index contributed by atoms with van der Waals surface area (Å²) in [5.41, 5.74) is 1.87. The van der Waals surface area contributed by atoms with Crippen molar-refractivity contribution < 1.29 is 9.47 Å². The summed E-state index contributed by atoms with van der Waals surface area (Å²) < 4.78 is 10.5. The van der Waals surface area contributed by atoms with E-state index in [1.165, 1.54) is 0 Å². The summed E-state index contributed by atoms with van der Waals surface area (Å²) in [6.45, 7) is 0.676. The molecule has 0 aliphatic rings. The summed E-state index contributed by atoms with van der Waals surface area (Å²) in [6.07, 6.45) is 0.790. The van der Waals surface area contributed by atoms with Crippen LogP contribution in [-0.4, -0.2) is 25.9 Å². The molecule has 2 rings (SSSR count). The number of methoxy groups -OCH3 is 2. The van der Waals surface area contributed by atoms with Crippen molar-refractivity contribution in [2.75, 3.05) is 26.1 Å². The second-order valence-corrected chi connectivity index (χ2v) is 6.26. The van der Waals surface area contributed by atoms with Gasteiger partial charge in [-0.05, 0) is 54.5 Å². The monoisotopic (exact) mass is 384 g/mol. The lowest BCUT2D eigenvalue weighted by Crippen LogP contribution is -2.30. The van der Waals surface area contributed by atoms with Crippen LogP contribution in [0.3, 0.4) is 0 Å². The first-order valence-electron chi connectivity index (χ1n) is 7.23. The predicted octanol–water partition coefficient (Wildman–Crippen LogP) is 4.54. The molecule has 0 spiro atoms. The third kappa shape index (κ3) is 5.44. The van der Waals surface area contributed by atoms with Crippen LogP contribution in [0.2, 0.25) is 10.0 Å². The zero-order valence-corrected chi connectivity index (χ0v) is 15.7. The van der Waals surface area contributed by atoms with Crippen molar-refractivity contribution in [3.05, 3.63) is 52.0 Å². The first-order valence-corrected chi connectivity index (χ1v) is 8.40. The fourth-order valence-corrected chi connectivity index (χ4v) is 2.90. The number of benzene rings is 2. The summed E-state index contributed by atoms with van der Waals surface area (Å²) in [7, 11) is 3.24. The van der Waals surface area contributed by atoms with E-state index in [2.05, 4.69) is 10.6 Å². The van der Waals surface area contributed by atoms with Crippen LogP contribution in [0, 0.1) is 0 Å². The minimum absolute atomic E-state index is 0.508. The molecule has 0 saturated carbocycles. The highest BCUT2D eigenvalue weighted by molar-refractivity contribution is 7.80. The average Bonchev–Trinajstić information content (AvgIpc) is 2.53. The molecule has 2 aromatic carbocycles. The number of rotatable bonds is 6. The van der Waals surface area contributed by atoms with E-state index in [0.29, 0.717) is 33.2 Å². The topological polar surface area (TPSA) is 42.5 Å². The quantitative estimate of drug-likeness (QED) is 0.715. The second-order valence-electron chi connectivity index (χ2n) is 4.98. The molecule has 0 amide bonds. The number of ether oxygens (including phenoxy) is 2. The van der Waals surface area contributed by atoms with E-state index in [0.717, 1.165) is 17.7 Å². The van der Waals surface area contributed by atoms with Gasteiger partial charge < -0.3 is 20.1 Å². The number of hydrogen-bond acceptors (Lipinski definition) is 3. The first kappa shape index (κ1) is 18.6. The third-order valence-electron chi connectivity index (χ3n) is 3.27. The van der Waals surface area contributed by atoms with Gasteiger partial charge in [0.2, 0.25) is 0 Å². The van der Waals surface area contributed by atoms with Gasteiger partial charge in [-0.3, -0.25) is 0 Å². The van der Waals surface area contributed by atoms with Crippen LogP contribution in [0.5, 0.6) is 11.5 Å². The van der Waals surface area contributed by atoms with Crippen LogP contribution in [0.1, 0.15) is 5.56 Å². The van der Waals surface area contributed by atoms with Gasteiger partial charge in [0.25, 0.3) is 0 Å². The van der Waals surface area contributed by atoms with E-state index >= 15 is 0 Å². The molecule has 0 radical (unpaired) electrons. The Morgan fingerprint density at radius 1 is 1.00 bits per heavy atom. The highest BCUT2D eigenvalue weighted by atomic mass is 35.5. The van der Waals surface area contributed by atoms with Gasteiger partial charge in [-0.15, -0.1) is 0 Å². The van der Waals surface area contributed by atoms with Crippen molar-refractivity contribution in [1.29, 1.82) is 0 Å². The Kier molecular flexibility index (Phi) is 6.97. The number of hydrogen-bond donors (Lipinski definition) is 2. The molecule has 2 aromatic rings. The molecule has 0 saturated heterocycles.